The molecular weight excluding hydrogens is 320 g/mol. The third-order valence-corrected chi connectivity index (χ3v) is 4.48. The third kappa shape index (κ3) is 2.96. The smallest absolute Gasteiger partial charge is 0.162 e. The van der Waals surface area contributed by atoms with Crippen LogP contribution in [-0.2, 0) is 6.42 Å². The molecule has 0 aliphatic rings. The first-order valence-corrected chi connectivity index (χ1v) is 7.08. The molecule has 96 valence electrons. The van der Waals surface area contributed by atoms with E-state index in [1.54, 1.807) is 17.4 Å². The van der Waals surface area contributed by atoms with E-state index in [0.29, 0.717) is 12.0 Å². The lowest BCUT2D eigenvalue weighted by atomic mass is 10.0. The molecule has 0 aliphatic heterocycles. The molecule has 0 saturated heterocycles. The summed E-state index contributed by atoms with van der Waals surface area (Å²) >= 11 is 4.99. The van der Waals surface area contributed by atoms with E-state index >= 15 is 0 Å². The van der Waals surface area contributed by atoms with Gasteiger partial charge in [0.1, 0.15) is 0 Å². The Morgan fingerprint density at radius 3 is 2.67 bits per heavy atom. The second-order valence-electron chi connectivity index (χ2n) is 3.90. The summed E-state index contributed by atoms with van der Waals surface area (Å²) in [5, 5.41) is 3.13. The second-order valence-corrected chi connectivity index (χ2v) is 6.39. The van der Waals surface area contributed by atoms with Gasteiger partial charge < -0.3 is 5.32 Å². The van der Waals surface area contributed by atoms with Gasteiger partial charge in [0, 0.05) is 10.9 Å². The molecule has 18 heavy (non-hydrogen) atoms. The van der Waals surface area contributed by atoms with Gasteiger partial charge in [-0.2, -0.15) is 0 Å². The van der Waals surface area contributed by atoms with Gasteiger partial charge in [-0.1, -0.05) is 12.1 Å². The van der Waals surface area contributed by atoms with Crippen LogP contribution in [0.25, 0.3) is 0 Å². The number of halogens is 3. The van der Waals surface area contributed by atoms with Crippen molar-refractivity contribution in [3.05, 3.63) is 56.2 Å². The number of hydrogen-bond acceptors (Lipinski definition) is 2. The summed E-state index contributed by atoms with van der Waals surface area (Å²) in [6.45, 7) is 0. The lowest BCUT2D eigenvalue weighted by molar-refractivity contribution is 0.488. The predicted molar refractivity (Wildman–Crippen MR) is 73.9 cm³/mol. The van der Waals surface area contributed by atoms with Gasteiger partial charge in [-0.3, -0.25) is 0 Å². The Balaban J connectivity index is 2.23. The summed E-state index contributed by atoms with van der Waals surface area (Å²) in [7, 11) is 1.81. The number of likely N-dealkylation sites (N-methyl/N-ethyl adjacent to an activating group) is 1. The predicted octanol–water partition coefficient (Wildman–Crippen LogP) is 4.29. The van der Waals surface area contributed by atoms with Crippen LogP contribution in [0.15, 0.2) is 34.1 Å². The zero-order chi connectivity index (χ0) is 13.1. The number of benzene rings is 1. The van der Waals surface area contributed by atoms with Crippen LogP contribution in [0, 0.1) is 11.6 Å². The van der Waals surface area contributed by atoms with Gasteiger partial charge in [0.2, 0.25) is 0 Å². The van der Waals surface area contributed by atoms with Gasteiger partial charge in [0.25, 0.3) is 0 Å². The van der Waals surface area contributed by atoms with E-state index in [9.17, 15) is 8.78 Å². The summed E-state index contributed by atoms with van der Waals surface area (Å²) in [6.07, 6.45) is 0.424. The maximum atomic E-state index is 13.6. The molecule has 1 atom stereocenters. The highest BCUT2D eigenvalue weighted by molar-refractivity contribution is 9.11. The second kappa shape index (κ2) is 5.91. The third-order valence-electron chi connectivity index (χ3n) is 2.74. The standard InChI is InChI=1S/C13H12BrF2NS/c1-17-10(11-5-6-12(14)18-11)7-8-3-2-4-9(15)13(8)16/h2-6,10,17H,7H2,1H3. The molecule has 0 saturated carbocycles. The minimum Gasteiger partial charge on any atom is -0.312 e. The van der Waals surface area contributed by atoms with Crippen LogP contribution in [0.3, 0.4) is 0 Å². The van der Waals surface area contributed by atoms with Gasteiger partial charge in [-0.15, -0.1) is 11.3 Å². The van der Waals surface area contributed by atoms with E-state index in [1.165, 1.54) is 6.07 Å². The molecule has 0 fully saturated rings. The van der Waals surface area contributed by atoms with Crippen LogP contribution < -0.4 is 5.32 Å². The summed E-state index contributed by atoms with van der Waals surface area (Å²) in [5.41, 5.74) is 0.388. The zero-order valence-electron chi connectivity index (χ0n) is 9.71. The van der Waals surface area contributed by atoms with E-state index in [0.717, 1.165) is 14.7 Å². The molecule has 2 aromatic rings. The fraction of sp³-hybridized carbons (Fsp3) is 0.231. The molecule has 0 radical (unpaired) electrons. The average Bonchev–Trinajstić information content (AvgIpc) is 2.78. The minimum atomic E-state index is -0.797. The van der Waals surface area contributed by atoms with E-state index in [-0.39, 0.29) is 6.04 Å². The van der Waals surface area contributed by atoms with Crippen LogP contribution in [0.4, 0.5) is 8.78 Å². The summed E-state index contributed by atoms with van der Waals surface area (Å²) in [4.78, 5) is 1.09. The quantitative estimate of drug-likeness (QED) is 0.881. The van der Waals surface area contributed by atoms with Gasteiger partial charge in [0.05, 0.1) is 3.79 Å². The minimum absolute atomic E-state index is 0.0161. The Bertz CT molecular complexity index is 542. The van der Waals surface area contributed by atoms with Crippen LogP contribution in [0.1, 0.15) is 16.5 Å². The molecule has 1 aromatic carbocycles. The van der Waals surface area contributed by atoms with Crippen LogP contribution >= 0.6 is 27.3 Å². The summed E-state index contributed by atoms with van der Waals surface area (Å²) < 4.78 is 27.8. The highest BCUT2D eigenvalue weighted by Crippen LogP contribution is 2.29. The topological polar surface area (TPSA) is 12.0 Å². The summed E-state index contributed by atoms with van der Waals surface area (Å²) in [6, 6.07) is 8.20. The first kappa shape index (κ1) is 13.6. The van der Waals surface area contributed by atoms with Crippen LogP contribution in [0.5, 0.6) is 0 Å². The van der Waals surface area contributed by atoms with E-state index in [1.807, 2.05) is 19.2 Å². The number of rotatable bonds is 4. The van der Waals surface area contributed by atoms with Gasteiger partial charge in [0.15, 0.2) is 11.6 Å². The van der Waals surface area contributed by atoms with Crippen molar-refractivity contribution in [1.82, 2.24) is 5.32 Å². The first-order valence-electron chi connectivity index (χ1n) is 5.47. The molecule has 0 spiro atoms. The number of nitrogens with one attached hydrogen (secondary N) is 1. The molecule has 1 aromatic heterocycles. The highest BCUT2D eigenvalue weighted by Gasteiger charge is 2.16. The summed E-state index contributed by atoms with van der Waals surface area (Å²) in [5.74, 6) is -1.55. The Labute approximate surface area is 117 Å². The first-order chi connectivity index (χ1) is 8.61. The number of thiophene rings is 1. The Hall–Kier alpha value is -0.780. The molecule has 1 nitrogen and oxygen atoms in total. The van der Waals surface area contributed by atoms with Crippen molar-refractivity contribution in [2.24, 2.45) is 0 Å². The van der Waals surface area contributed by atoms with Crippen molar-refractivity contribution in [2.75, 3.05) is 7.05 Å². The molecule has 1 unspecified atom stereocenters. The maximum Gasteiger partial charge on any atom is 0.162 e. The molecule has 0 aliphatic carbocycles. The molecule has 1 heterocycles. The largest absolute Gasteiger partial charge is 0.312 e. The Morgan fingerprint density at radius 1 is 1.28 bits per heavy atom. The van der Waals surface area contributed by atoms with E-state index in [4.69, 9.17) is 0 Å². The van der Waals surface area contributed by atoms with Crippen molar-refractivity contribution in [3.8, 4) is 0 Å². The molecular formula is C13H12BrF2NS. The zero-order valence-corrected chi connectivity index (χ0v) is 12.1. The van der Waals surface area contributed by atoms with Gasteiger partial charge in [-0.05, 0) is 53.2 Å². The van der Waals surface area contributed by atoms with Gasteiger partial charge >= 0.3 is 0 Å². The van der Waals surface area contributed by atoms with E-state index < -0.39 is 11.6 Å². The van der Waals surface area contributed by atoms with Crippen molar-refractivity contribution >= 4 is 27.3 Å². The monoisotopic (exact) mass is 331 g/mol. The van der Waals surface area contributed by atoms with Crippen molar-refractivity contribution < 1.29 is 8.78 Å². The lowest BCUT2D eigenvalue weighted by Gasteiger charge is -2.15. The Kier molecular flexibility index (Phi) is 4.48. The highest BCUT2D eigenvalue weighted by atomic mass is 79.9. The molecule has 0 amide bonds. The molecule has 2 rings (SSSR count). The fourth-order valence-corrected chi connectivity index (χ4v) is 3.32. The average molecular weight is 332 g/mol. The molecule has 5 heteroatoms. The maximum absolute atomic E-state index is 13.6. The molecule has 1 N–H and O–H groups in total. The van der Waals surface area contributed by atoms with Gasteiger partial charge in [-0.25, -0.2) is 8.78 Å². The van der Waals surface area contributed by atoms with E-state index in [2.05, 4.69) is 21.2 Å². The van der Waals surface area contributed by atoms with Crippen LogP contribution in [-0.4, -0.2) is 7.05 Å². The fourth-order valence-electron chi connectivity index (χ4n) is 1.79. The SMILES string of the molecule is CNC(Cc1cccc(F)c1F)c1ccc(Br)s1. The number of hydrogen-bond donors (Lipinski definition) is 1. The van der Waals surface area contributed by atoms with Crippen molar-refractivity contribution in [2.45, 2.75) is 12.5 Å². The van der Waals surface area contributed by atoms with Crippen molar-refractivity contribution in [3.63, 3.8) is 0 Å². The molecule has 0 bridgehead atoms. The Morgan fingerprint density at radius 2 is 2.06 bits per heavy atom. The normalized spacial score (nSPS) is 12.7. The van der Waals surface area contributed by atoms with Crippen molar-refractivity contribution in [1.29, 1.82) is 0 Å². The lowest BCUT2D eigenvalue weighted by Crippen LogP contribution is -2.18. The van der Waals surface area contributed by atoms with Crippen LogP contribution in [0.2, 0.25) is 0 Å².